The van der Waals surface area contributed by atoms with Gasteiger partial charge in [-0.15, -0.1) is 0 Å². The second-order valence-corrected chi connectivity index (χ2v) is 7.55. The van der Waals surface area contributed by atoms with E-state index >= 15 is 0 Å². The largest absolute Gasteiger partial charge is 0.497 e. The lowest BCUT2D eigenvalue weighted by atomic mass is 9.96. The quantitative estimate of drug-likeness (QED) is 0.714. The standard InChI is InChI=1S/C23H31NO3/c1-15(2)11-22(19-7-9-20(26-6)10-8-19)24-23(25)18(5)27-21-13-16(3)12-17(4)14-21/h7-10,12-15,18,22H,11H2,1-6H3,(H,24,25). The van der Waals surface area contributed by atoms with Crippen LogP contribution in [-0.2, 0) is 4.79 Å². The van der Waals surface area contributed by atoms with Gasteiger partial charge < -0.3 is 14.8 Å². The van der Waals surface area contributed by atoms with Crippen molar-refractivity contribution < 1.29 is 14.3 Å². The van der Waals surface area contributed by atoms with Gasteiger partial charge >= 0.3 is 0 Å². The summed E-state index contributed by atoms with van der Waals surface area (Å²) >= 11 is 0. The predicted molar refractivity (Wildman–Crippen MR) is 109 cm³/mol. The van der Waals surface area contributed by atoms with Crippen molar-refractivity contribution >= 4 is 5.91 Å². The molecule has 0 aliphatic rings. The molecule has 1 amide bonds. The first kappa shape index (κ1) is 20.8. The van der Waals surface area contributed by atoms with Gasteiger partial charge in [-0.3, -0.25) is 4.79 Å². The lowest BCUT2D eigenvalue weighted by molar-refractivity contribution is -0.128. The van der Waals surface area contributed by atoms with Crippen LogP contribution in [0.5, 0.6) is 11.5 Å². The van der Waals surface area contributed by atoms with E-state index in [-0.39, 0.29) is 11.9 Å². The molecule has 0 aromatic heterocycles. The van der Waals surface area contributed by atoms with Crippen LogP contribution in [0, 0.1) is 19.8 Å². The van der Waals surface area contributed by atoms with Gasteiger partial charge in [-0.25, -0.2) is 0 Å². The third kappa shape index (κ3) is 6.31. The lowest BCUT2D eigenvalue weighted by Crippen LogP contribution is -2.39. The van der Waals surface area contributed by atoms with E-state index in [9.17, 15) is 4.79 Å². The van der Waals surface area contributed by atoms with Crippen LogP contribution < -0.4 is 14.8 Å². The summed E-state index contributed by atoms with van der Waals surface area (Å²) in [6, 6.07) is 13.8. The van der Waals surface area contributed by atoms with Crippen LogP contribution in [0.25, 0.3) is 0 Å². The number of hydrogen-bond acceptors (Lipinski definition) is 3. The van der Waals surface area contributed by atoms with Crippen molar-refractivity contribution in [3.63, 3.8) is 0 Å². The SMILES string of the molecule is COc1ccc(C(CC(C)C)NC(=O)C(C)Oc2cc(C)cc(C)c2)cc1. The minimum Gasteiger partial charge on any atom is -0.497 e. The van der Waals surface area contributed by atoms with Crippen molar-refractivity contribution in [2.24, 2.45) is 5.92 Å². The van der Waals surface area contributed by atoms with Gasteiger partial charge in [-0.2, -0.15) is 0 Å². The third-order valence-electron chi connectivity index (χ3n) is 4.42. The van der Waals surface area contributed by atoms with E-state index in [2.05, 4.69) is 25.2 Å². The van der Waals surface area contributed by atoms with Gasteiger partial charge in [0.05, 0.1) is 13.2 Å². The minimum absolute atomic E-state index is 0.0614. The molecule has 0 fully saturated rings. The van der Waals surface area contributed by atoms with Gasteiger partial charge in [0.1, 0.15) is 11.5 Å². The smallest absolute Gasteiger partial charge is 0.261 e. The monoisotopic (exact) mass is 369 g/mol. The average Bonchev–Trinajstić information content (AvgIpc) is 2.59. The summed E-state index contributed by atoms with van der Waals surface area (Å²) < 4.78 is 11.1. The molecule has 0 aliphatic carbocycles. The first-order valence-electron chi connectivity index (χ1n) is 9.47. The van der Waals surface area contributed by atoms with Crippen LogP contribution in [0.2, 0.25) is 0 Å². The highest BCUT2D eigenvalue weighted by Gasteiger charge is 2.21. The number of hydrogen-bond donors (Lipinski definition) is 1. The van der Waals surface area contributed by atoms with E-state index in [1.807, 2.05) is 50.2 Å². The molecule has 0 bridgehead atoms. The Balaban J connectivity index is 2.09. The molecule has 146 valence electrons. The van der Waals surface area contributed by atoms with Gasteiger partial charge in [0.2, 0.25) is 0 Å². The molecule has 4 nitrogen and oxygen atoms in total. The molecule has 2 rings (SSSR count). The maximum absolute atomic E-state index is 12.7. The molecule has 2 aromatic rings. The average molecular weight is 370 g/mol. The molecule has 0 saturated carbocycles. The van der Waals surface area contributed by atoms with Crippen molar-refractivity contribution in [1.82, 2.24) is 5.32 Å². The van der Waals surface area contributed by atoms with Crippen LogP contribution in [0.4, 0.5) is 0 Å². The Morgan fingerprint density at radius 2 is 1.56 bits per heavy atom. The fraction of sp³-hybridized carbons (Fsp3) is 0.435. The Hall–Kier alpha value is -2.49. The van der Waals surface area contributed by atoms with Gasteiger partial charge in [0.15, 0.2) is 6.10 Å². The van der Waals surface area contributed by atoms with Gasteiger partial charge in [-0.05, 0) is 74.1 Å². The van der Waals surface area contributed by atoms with Crippen molar-refractivity contribution in [2.75, 3.05) is 7.11 Å². The minimum atomic E-state index is -0.570. The number of carbonyl (C=O) groups excluding carboxylic acids is 1. The molecule has 2 aromatic carbocycles. The maximum Gasteiger partial charge on any atom is 0.261 e. The summed E-state index contributed by atoms with van der Waals surface area (Å²) in [5.74, 6) is 1.86. The highest BCUT2D eigenvalue weighted by Crippen LogP contribution is 2.24. The van der Waals surface area contributed by atoms with E-state index in [4.69, 9.17) is 9.47 Å². The highest BCUT2D eigenvalue weighted by molar-refractivity contribution is 5.81. The van der Waals surface area contributed by atoms with Gasteiger partial charge in [-0.1, -0.05) is 32.0 Å². The number of ether oxygens (including phenoxy) is 2. The van der Waals surface area contributed by atoms with Crippen LogP contribution >= 0.6 is 0 Å². The van der Waals surface area contributed by atoms with Crippen LogP contribution in [0.1, 0.15) is 49.9 Å². The fourth-order valence-corrected chi connectivity index (χ4v) is 3.13. The second-order valence-electron chi connectivity index (χ2n) is 7.55. The zero-order chi connectivity index (χ0) is 20.0. The Morgan fingerprint density at radius 1 is 0.963 bits per heavy atom. The second kappa shape index (κ2) is 9.45. The molecule has 0 heterocycles. The Morgan fingerprint density at radius 3 is 2.07 bits per heavy atom. The first-order chi connectivity index (χ1) is 12.8. The molecular weight excluding hydrogens is 338 g/mol. The summed E-state index contributed by atoms with van der Waals surface area (Å²) in [5.41, 5.74) is 3.30. The normalized spacial score (nSPS) is 13.1. The number of aryl methyl sites for hydroxylation is 2. The highest BCUT2D eigenvalue weighted by atomic mass is 16.5. The molecule has 2 atom stereocenters. The molecule has 0 saturated heterocycles. The van der Waals surface area contributed by atoms with E-state index in [1.165, 1.54) is 0 Å². The van der Waals surface area contributed by atoms with E-state index in [0.717, 1.165) is 34.6 Å². The third-order valence-corrected chi connectivity index (χ3v) is 4.42. The molecule has 27 heavy (non-hydrogen) atoms. The number of benzene rings is 2. The molecular formula is C23H31NO3. The summed E-state index contributed by atoms with van der Waals surface area (Å²) in [5, 5.41) is 3.15. The topological polar surface area (TPSA) is 47.6 Å². The number of rotatable bonds is 8. The van der Waals surface area contributed by atoms with Gasteiger partial charge in [0.25, 0.3) is 5.91 Å². The van der Waals surface area contributed by atoms with Crippen molar-refractivity contribution in [3.8, 4) is 11.5 Å². The zero-order valence-corrected chi connectivity index (χ0v) is 17.2. The first-order valence-corrected chi connectivity index (χ1v) is 9.47. The van der Waals surface area contributed by atoms with Crippen LogP contribution in [0.15, 0.2) is 42.5 Å². The molecule has 1 N–H and O–H groups in total. The summed E-state index contributed by atoms with van der Waals surface area (Å²) in [4.78, 5) is 12.7. The Labute approximate surface area is 162 Å². The Kier molecular flexibility index (Phi) is 7.28. The molecule has 0 spiro atoms. The van der Waals surface area contributed by atoms with E-state index in [1.54, 1.807) is 14.0 Å². The number of methoxy groups -OCH3 is 1. The maximum atomic E-state index is 12.7. The van der Waals surface area contributed by atoms with Gasteiger partial charge in [0, 0.05) is 0 Å². The summed E-state index contributed by atoms with van der Waals surface area (Å²) in [6.07, 6.45) is 0.285. The molecule has 0 aliphatic heterocycles. The lowest BCUT2D eigenvalue weighted by Gasteiger charge is -2.24. The summed E-state index contributed by atoms with van der Waals surface area (Å²) in [6.45, 7) is 10.1. The molecule has 0 radical (unpaired) electrons. The van der Waals surface area contributed by atoms with Crippen LogP contribution in [0.3, 0.4) is 0 Å². The van der Waals surface area contributed by atoms with E-state index < -0.39 is 6.10 Å². The van der Waals surface area contributed by atoms with E-state index in [0.29, 0.717) is 5.92 Å². The number of carbonyl (C=O) groups is 1. The molecule has 4 heteroatoms. The number of nitrogens with one attached hydrogen (secondary N) is 1. The van der Waals surface area contributed by atoms with Crippen LogP contribution in [-0.4, -0.2) is 19.1 Å². The van der Waals surface area contributed by atoms with Crippen molar-refractivity contribution in [1.29, 1.82) is 0 Å². The predicted octanol–water partition coefficient (Wildman–Crippen LogP) is 4.98. The van der Waals surface area contributed by atoms with Crippen molar-refractivity contribution in [2.45, 2.75) is 53.2 Å². The van der Waals surface area contributed by atoms with Crippen molar-refractivity contribution in [3.05, 3.63) is 59.2 Å². The number of amides is 1. The zero-order valence-electron chi connectivity index (χ0n) is 17.2. The Bertz CT molecular complexity index is 732. The summed E-state index contributed by atoms with van der Waals surface area (Å²) in [7, 11) is 1.65. The fourth-order valence-electron chi connectivity index (χ4n) is 3.13. The molecule has 2 unspecified atom stereocenters.